The third-order valence-corrected chi connectivity index (χ3v) is 2.50. The van der Waals surface area contributed by atoms with E-state index in [4.69, 9.17) is 5.73 Å². The first-order valence-corrected chi connectivity index (χ1v) is 5.03. The Morgan fingerprint density at radius 1 is 1.29 bits per heavy atom. The molecule has 2 rings (SSSR count). The maximum absolute atomic E-state index is 5.82. The van der Waals surface area contributed by atoms with Crippen molar-refractivity contribution in [3.8, 4) is 0 Å². The summed E-state index contributed by atoms with van der Waals surface area (Å²) in [6, 6.07) is 6.24. The molecule has 3 N–H and O–H groups in total. The number of nitrogens with two attached hydrogens (primary N) is 1. The predicted octanol–water partition coefficient (Wildman–Crippen LogP) is 1.95. The van der Waals surface area contributed by atoms with E-state index in [0.717, 1.165) is 25.2 Å². The summed E-state index contributed by atoms with van der Waals surface area (Å²) in [6.07, 6.45) is 3.41. The van der Waals surface area contributed by atoms with E-state index < -0.39 is 0 Å². The van der Waals surface area contributed by atoms with Crippen LogP contribution in [0, 0.1) is 6.92 Å². The average molecular weight is 188 g/mol. The zero-order valence-corrected chi connectivity index (χ0v) is 8.51. The lowest BCUT2D eigenvalue weighted by Gasteiger charge is -2.15. The Labute approximate surface area is 84.8 Å². The maximum atomic E-state index is 5.82. The summed E-state index contributed by atoms with van der Waals surface area (Å²) in [4.78, 5) is 0. The van der Waals surface area contributed by atoms with E-state index in [1.807, 2.05) is 12.1 Å². The van der Waals surface area contributed by atoms with Crippen molar-refractivity contribution in [3.63, 3.8) is 0 Å². The van der Waals surface area contributed by atoms with Crippen LogP contribution in [0.5, 0.6) is 0 Å². The minimum absolute atomic E-state index is 0.853. The van der Waals surface area contributed by atoms with Crippen LogP contribution in [0.25, 0.3) is 5.57 Å². The summed E-state index contributed by atoms with van der Waals surface area (Å²) in [5, 5.41) is 3.36. The van der Waals surface area contributed by atoms with Crippen LogP contribution in [0.15, 0.2) is 24.3 Å². The fourth-order valence-electron chi connectivity index (χ4n) is 1.86. The first-order chi connectivity index (χ1) is 6.75. The van der Waals surface area contributed by atoms with Gasteiger partial charge < -0.3 is 11.1 Å². The summed E-state index contributed by atoms with van der Waals surface area (Å²) in [6.45, 7) is 4.13. The van der Waals surface area contributed by atoms with Gasteiger partial charge in [-0.2, -0.15) is 0 Å². The van der Waals surface area contributed by atoms with E-state index in [-0.39, 0.29) is 0 Å². The molecule has 1 heterocycles. The molecule has 0 radical (unpaired) electrons. The molecule has 0 atom stereocenters. The highest BCUT2D eigenvalue weighted by atomic mass is 14.9. The van der Waals surface area contributed by atoms with Crippen LogP contribution in [0.1, 0.15) is 17.5 Å². The van der Waals surface area contributed by atoms with Gasteiger partial charge in [0.2, 0.25) is 0 Å². The van der Waals surface area contributed by atoms with Crippen LogP contribution in [0.2, 0.25) is 0 Å². The lowest BCUT2D eigenvalue weighted by atomic mass is 10.00. The van der Waals surface area contributed by atoms with Crippen molar-refractivity contribution in [1.29, 1.82) is 0 Å². The Morgan fingerprint density at radius 2 is 2.14 bits per heavy atom. The van der Waals surface area contributed by atoms with Crippen LogP contribution in [0.3, 0.4) is 0 Å². The summed E-state index contributed by atoms with van der Waals surface area (Å²) in [5.41, 5.74) is 10.5. The van der Waals surface area contributed by atoms with E-state index >= 15 is 0 Å². The largest absolute Gasteiger partial charge is 0.399 e. The molecule has 0 spiro atoms. The fourth-order valence-corrected chi connectivity index (χ4v) is 1.86. The molecule has 0 saturated carbocycles. The van der Waals surface area contributed by atoms with Crippen LogP contribution in [-0.4, -0.2) is 13.1 Å². The molecular weight excluding hydrogens is 172 g/mol. The van der Waals surface area contributed by atoms with E-state index in [9.17, 15) is 0 Å². The van der Waals surface area contributed by atoms with Crippen molar-refractivity contribution in [2.24, 2.45) is 0 Å². The molecule has 1 aliphatic heterocycles. The topological polar surface area (TPSA) is 38.0 Å². The van der Waals surface area contributed by atoms with Crippen molar-refractivity contribution in [3.05, 3.63) is 35.4 Å². The molecule has 2 nitrogen and oxygen atoms in total. The van der Waals surface area contributed by atoms with Gasteiger partial charge in [0.25, 0.3) is 0 Å². The van der Waals surface area contributed by atoms with Crippen molar-refractivity contribution in [1.82, 2.24) is 5.32 Å². The molecule has 74 valence electrons. The van der Waals surface area contributed by atoms with Crippen LogP contribution >= 0.6 is 0 Å². The molecule has 0 unspecified atom stereocenters. The van der Waals surface area contributed by atoms with Gasteiger partial charge in [0, 0.05) is 12.2 Å². The summed E-state index contributed by atoms with van der Waals surface area (Å²) in [7, 11) is 0. The Hall–Kier alpha value is -1.28. The standard InChI is InChI=1S/C12H16N2/c1-9-5-11(7-12(13)6-9)10-3-2-4-14-8-10/h3,5-7,14H,2,4,8,13H2,1H3. The number of nitrogens with one attached hydrogen (secondary N) is 1. The molecule has 0 saturated heterocycles. The molecule has 0 aliphatic carbocycles. The van der Waals surface area contributed by atoms with E-state index in [1.165, 1.54) is 16.7 Å². The minimum Gasteiger partial charge on any atom is -0.399 e. The van der Waals surface area contributed by atoms with Gasteiger partial charge in [-0.05, 0) is 48.7 Å². The molecule has 1 aliphatic rings. The minimum atomic E-state index is 0.853. The Bertz CT molecular complexity index is 346. The lowest BCUT2D eigenvalue weighted by molar-refractivity contribution is 0.739. The summed E-state index contributed by atoms with van der Waals surface area (Å²) >= 11 is 0. The Kier molecular flexibility index (Phi) is 2.55. The van der Waals surface area contributed by atoms with Gasteiger partial charge in [-0.3, -0.25) is 0 Å². The van der Waals surface area contributed by atoms with Gasteiger partial charge in [0.1, 0.15) is 0 Å². The number of hydrogen-bond acceptors (Lipinski definition) is 2. The number of anilines is 1. The van der Waals surface area contributed by atoms with Gasteiger partial charge in [-0.15, -0.1) is 0 Å². The van der Waals surface area contributed by atoms with Gasteiger partial charge in [-0.1, -0.05) is 12.1 Å². The van der Waals surface area contributed by atoms with E-state index in [1.54, 1.807) is 0 Å². The summed E-state index contributed by atoms with van der Waals surface area (Å²) in [5.74, 6) is 0. The molecule has 1 aromatic carbocycles. The third-order valence-electron chi connectivity index (χ3n) is 2.50. The van der Waals surface area contributed by atoms with Crippen LogP contribution < -0.4 is 11.1 Å². The highest BCUT2D eigenvalue weighted by Crippen LogP contribution is 2.20. The molecule has 2 heteroatoms. The maximum Gasteiger partial charge on any atom is 0.0322 e. The molecule has 1 aromatic rings. The molecule has 0 aromatic heterocycles. The van der Waals surface area contributed by atoms with Crippen molar-refractivity contribution in [2.75, 3.05) is 18.8 Å². The first-order valence-electron chi connectivity index (χ1n) is 5.03. The van der Waals surface area contributed by atoms with Crippen molar-refractivity contribution < 1.29 is 0 Å². The number of rotatable bonds is 1. The van der Waals surface area contributed by atoms with Crippen molar-refractivity contribution in [2.45, 2.75) is 13.3 Å². The predicted molar refractivity (Wildman–Crippen MR) is 61.1 cm³/mol. The zero-order valence-electron chi connectivity index (χ0n) is 8.51. The van der Waals surface area contributed by atoms with Gasteiger partial charge in [0.15, 0.2) is 0 Å². The molecule has 0 bridgehead atoms. The molecular formula is C12H16N2. The highest BCUT2D eigenvalue weighted by Gasteiger charge is 2.06. The smallest absolute Gasteiger partial charge is 0.0322 e. The lowest BCUT2D eigenvalue weighted by Crippen LogP contribution is -2.21. The van der Waals surface area contributed by atoms with Gasteiger partial charge >= 0.3 is 0 Å². The van der Waals surface area contributed by atoms with E-state index in [2.05, 4.69) is 24.4 Å². The Morgan fingerprint density at radius 3 is 2.79 bits per heavy atom. The molecule has 14 heavy (non-hydrogen) atoms. The number of aryl methyl sites for hydroxylation is 1. The monoisotopic (exact) mass is 188 g/mol. The average Bonchev–Trinajstić information content (AvgIpc) is 2.18. The third kappa shape index (κ3) is 1.96. The second-order valence-corrected chi connectivity index (χ2v) is 3.83. The second-order valence-electron chi connectivity index (χ2n) is 3.83. The quantitative estimate of drug-likeness (QED) is 0.661. The Balaban J connectivity index is 2.35. The SMILES string of the molecule is Cc1cc(N)cc(C2=CCCNC2)c1. The molecule has 0 amide bonds. The first kappa shape index (κ1) is 9.28. The highest BCUT2D eigenvalue weighted by molar-refractivity contribution is 5.70. The fraction of sp³-hybridized carbons (Fsp3) is 0.333. The normalized spacial score (nSPS) is 16.5. The zero-order chi connectivity index (χ0) is 9.97. The number of hydrogen-bond donors (Lipinski definition) is 2. The van der Waals surface area contributed by atoms with Gasteiger partial charge in [-0.25, -0.2) is 0 Å². The van der Waals surface area contributed by atoms with Crippen molar-refractivity contribution >= 4 is 11.3 Å². The number of nitrogen functional groups attached to an aromatic ring is 1. The van der Waals surface area contributed by atoms with Crippen LogP contribution in [0.4, 0.5) is 5.69 Å². The number of benzene rings is 1. The summed E-state index contributed by atoms with van der Waals surface area (Å²) < 4.78 is 0. The van der Waals surface area contributed by atoms with Crippen LogP contribution in [-0.2, 0) is 0 Å². The second kappa shape index (κ2) is 3.84. The van der Waals surface area contributed by atoms with Gasteiger partial charge in [0.05, 0.1) is 0 Å². The van der Waals surface area contributed by atoms with E-state index in [0.29, 0.717) is 0 Å². The molecule has 0 fully saturated rings.